The molecule has 1 N–H and O–H groups in total. The highest BCUT2D eigenvalue weighted by Crippen LogP contribution is 2.19. The first-order chi connectivity index (χ1) is 7.43. The van der Waals surface area contributed by atoms with Crippen molar-refractivity contribution >= 4 is 11.0 Å². The van der Waals surface area contributed by atoms with Crippen LogP contribution in [-0.2, 0) is 0 Å². The van der Waals surface area contributed by atoms with Crippen LogP contribution in [0, 0.1) is 0 Å². The molecular formula is C13H10N2. The van der Waals surface area contributed by atoms with Crippen molar-refractivity contribution in [1.82, 2.24) is 9.97 Å². The minimum Gasteiger partial charge on any atom is -0.360 e. The maximum Gasteiger partial charge on any atom is 0.0886 e. The molecule has 0 spiro atoms. The third-order valence-corrected chi connectivity index (χ3v) is 2.47. The van der Waals surface area contributed by atoms with Crippen molar-refractivity contribution in [3.8, 4) is 11.3 Å². The Morgan fingerprint density at radius 3 is 2.60 bits per heavy atom. The highest BCUT2D eigenvalue weighted by molar-refractivity contribution is 5.78. The lowest BCUT2D eigenvalue weighted by Crippen LogP contribution is -1.82. The van der Waals surface area contributed by atoms with Gasteiger partial charge in [-0.3, -0.25) is 0 Å². The summed E-state index contributed by atoms with van der Waals surface area (Å²) in [5, 5.41) is 0. The fraction of sp³-hybridized carbons (Fsp3) is 0. The fourth-order valence-corrected chi connectivity index (χ4v) is 1.70. The summed E-state index contributed by atoms with van der Waals surface area (Å²) < 4.78 is 0. The summed E-state index contributed by atoms with van der Waals surface area (Å²) in [4.78, 5) is 7.71. The molecule has 0 aliphatic heterocycles. The van der Waals surface area contributed by atoms with Crippen LogP contribution in [0.4, 0.5) is 0 Å². The van der Waals surface area contributed by atoms with Crippen LogP contribution in [-0.4, -0.2) is 9.97 Å². The summed E-state index contributed by atoms with van der Waals surface area (Å²) in [5.41, 5.74) is 4.26. The number of rotatable bonds is 1. The van der Waals surface area contributed by atoms with Crippen molar-refractivity contribution in [1.29, 1.82) is 0 Å². The molecule has 2 nitrogen and oxygen atoms in total. The van der Waals surface area contributed by atoms with E-state index in [1.165, 1.54) is 0 Å². The monoisotopic (exact) mass is 194 g/mol. The van der Waals surface area contributed by atoms with Gasteiger partial charge in [0.2, 0.25) is 0 Å². The average Bonchev–Trinajstić information content (AvgIpc) is 2.77. The van der Waals surface area contributed by atoms with Crippen molar-refractivity contribution in [3.05, 3.63) is 54.7 Å². The van der Waals surface area contributed by atoms with Gasteiger partial charge in [0.1, 0.15) is 0 Å². The van der Waals surface area contributed by atoms with E-state index in [1.807, 2.05) is 36.5 Å². The van der Waals surface area contributed by atoms with E-state index in [0.717, 1.165) is 22.3 Å². The first-order valence-corrected chi connectivity index (χ1v) is 4.93. The lowest BCUT2D eigenvalue weighted by Gasteiger charge is -1.99. The van der Waals surface area contributed by atoms with Gasteiger partial charge in [-0.2, -0.15) is 0 Å². The Kier molecular flexibility index (Phi) is 1.78. The molecule has 0 saturated heterocycles. The Balaban J connectivity index is 2.19. The van der Waals surface area contributed by atoms with Crippen LogP contribution in [0.1, 0.15) is 0 Å². The second-order valence-corrected chi connectivity index (χ2v) is 3.47. The SMILES string of the molecule is c1ccc(-c2ccc3[nH]ccc3n2)cc1. The molecule has 1 aromatic carbocycles. The maximum absolute atomic E-state index is 4.57. The van der Waals surface area contributed by atoms with Crippen LogP contribution in [0.2, 0.25) is 0 Å². The molecule has 0 unspecified atom stereocenters. The number of nitrogens with zero attached hydrogens (tertiary/aromatic N) is 1. The first kappa shape index (κ1) is 8.24. The first-order valence-electron chi connectivity index (χ1n) is 4.93. The van der Waals surface area contributed by atoms with E-state index in [4.69, 9.17) is 0 Å². The van der Waals surface area contributed by atoms with Gasteiger partial charge in [-0.15, -0.1) is 0 Å². The van der Waals surface area contributed by atoms with Gasteiger partial charge in [-0.25, -0.2) is 4.98 Å². The standard InChI is InChI=1S/C13H10N2/c1-2-4-10(5-3-1)11-6-7-12-13(15-11)8-9-14-12/h1-9,14H. The van der Waals surface area contributed by atoms with Crippen molar-refractivity contribution < 1.29 is 0 Å². The predicted molar refractivity (Wildman–Crippen MR) is 61.5 cm³/mol. The molecule has 2 heteroatoms. The van der Waals surface area contributed by atoms with E-state index in [1.54, 1.807) is 0 Å². The van der Waals surface area contributed by atoms with Crippen LogP contribution in [0.15, 0.2) is 54.7 Å². The number of hydrogen-bond donors (Lipinski definition) is 1. The van der Waals surface area contributed by atoms with Gasteiger partial charge < -0.3 is 4.98 Å². The van der Waals surface area contributed by atoms with Gasteiger partial charge in [0, 0.05) is 11.8 Å². The number of aromatic amines is 1. The largest absolute Gasteiger partial charge is 0.360 e. The molecule has 0 atom stereocenters. The zero-order valence-corrected chi connectivity index (χ0v) is 8.14. The molecule has 3 aromatic rings. The quantitative estimate of drug-likeness (QED) is 0.633. The van der Waals surface area contributed by atoms with Gasteiger partial charge >= 0.3 is 0 Å². The Morgan fingerprint density at radius 2 is 1.73 bits per heavy atom. The average molecular weight is 194 g/mol. The predicted octanol–water partition coefficient (Wildman–Crippen LogP) is 3.23. The minimum absolute atomic E-state index is 1.01. The van der Waals surface area contributed by atoms with E-state index in [0.29, 0.717) is 0 Å². The second-order valence-electron chi connectivity index (χ2n) is 3.47. The van der Waals surface area contributed by atoms with E-state index >= 15 is 0 Å². The lowest BCUT2D eigenvalue weighted by molar-refractivity contribution is 1.39. The Hall–Kier alpha value is -2.09. The molecule has 0 radical (unpaired) electrons. The number of hydrogen-bond acceptors (Lipinski definition) is 1. The third kappa shape index (κ3) is 1.40. The smallest absolute Gasteiger partial charge is 0.0886 e. The van der Waals surface area contributed by atoms with Gasteiger partial charge in [0.25, 0.3) is 0 Å². The molecule has 0 aliphatic carbocycles. The van der Waals surface area contributed by atoms with Gasteiger partial charge in [-0.05, 0) is 18.2 Å². The highest BCUT2D eigenvalue weighted by Gasteiger charge is 2.00. The number of pyridine rings is 1. The Morgan fingerprint density at radius 1 is 0.867 bits per heavy atom. The van der Waals surface area contributed by atoms with Crippen molar-refractivity contribution in [2.45, 2.75) is 0 Å². The molecule has 0 aliphatic rings. The van der Waals surface area contributed by atoms with E-state index < -0.39 is 0 Å². The zero-order chi connectivity index (χ0) is 10.1. The molecule has 0 bridgehead atoms. The van der Waals surface area contributed by atoms with Crippen molar-refractivity contribution in [2.75, 3.05) is 0 Å². The summed E-state index contributed by atoms with van der Waals surface area (Å²) >= 11 is 0. The molecular weight excluding hydrogens is 184 g/mol. The number of nitrogens with one attached hydrogen (secondary N) is 1. The van der Waals surface area contributed by atoms with Gasteiger partial charge in [-0.1, -0.05) is 30.3 Å². The number of benzene rings is 1. The lowest BCUT2D eigenvalue weighted by atomic mass is 10.1. The summed E-state index contributed by atoms with van der Waals surface area (Å²) in [7, 11) is 0. The number of aromatic nitrogens is 2. The van der Waals surface area contributed by atoms with E-state index in [9.17, 15) is 0 Å². The van der Waals surface area contributed by atoms with Gasteiger partial charge in [0.15, 0.2) is 0 Å². The third-order valence-electron chi connectivity index (χ3n) is 2.47. The summed E-state index contributed by atoms with van der Waals surface area (Å²) in [5.74, 6) is 0. The fourth-order valence-electron chi connectivity index (χ4n) is 1.70. The minimum atomic E-state index is 1.01. The molecule has 0 amide bonds. The van der Waals surface area contributed by atoms with Crippen LogP contribution >= 0.6 is 0 Å². The molecule has 2 heterocycles. The normalized spacial score (nSPS) is 10.7. The van der Waals surface area contributed by atoms with E-state index in [2.05, 4.69) is 28.2 Å². The Labute approximate surface area is 87.6 Å². The molecule has 3 rings (SSSR count). The van der Waals surface area contributed by atoms with Crippen molar-refractivity contribution in [2.24, 2.45) is 0 Å². The molecule has 72 valence electrons. The second kappa shape index (κ2) is 3.24. The van der Waals surface area contributed by atoms with Crippen LogP contribution in [0.25, 0.3) is 22.3 Å². The van der Waals surface area contributed by atoms with Crippen LogP contribution in [0.5, 0.6) is 0 Å². The van der Waals surface area contributed by atoms with E-state index in [-0.39, 0.29) is 0 Å². The molecule has 0 fully saturated rings. The topological polar surface area (TPSA) is 28.7 Å². The molecule has 15 heavy (non-hydrogen) atoms. The summed E-state index contributed by atoms with van der Waals surface area (Å²) in [6, 6.07) is 16.3. The number of fused-ring (bicyclic) bond motifs is 1. The van der Waals surface area contributed by atoms with Crippen LogP contribution < -0.4 is 0 Å². The molecule has 2 aromatic heterocycles. The van der Waals surface area contributed by atoms with Crippen molar-refractivity contribution in [3.63, 3.8) is 0 Å². The van der Waals surface area contributed by atoms with Gasteiger partial charge in [0.05, 0.1) is 16.7 Å². The summed E-state index contributed by atoms with van der Waals surface area (Å²) in [6.07, 6.45) is 1.91. The zero-order valence-electron chi connectivity index (χ0n) is 8.14. The number of H-pyrrole nitrogens is 1. The molecule has 0 saturated carbocycles. The maximum atomic E-state index is 4.57. The Bertz CT molecular complexity index is 582. The highest BCUT2D eigenvalue weighted by atomic mass is 14.8. The van der Waals surface area contributed by atoms with Crippen LogP contribution in [0.3, 0.4) is 0 Å². The summed E-state index contributed by atoms with van der Waals surface area (Å²) in [6.45, 7) is 0.